The van der Waals surface area contributed by atoms with Crippen LogP contribution >= 0.6 is 15.9 Å². The van der Waals surface area contributed by atoms with Crippen molar-refractivity contribution in [2.45, 2.75) is 17.7 Å². The molecule has 1 aliphatic carbocycles. The van der Waals surface area contributed by atoms with Crippen LogP contribution < -0.4 is 4.90 Å². The molecule has 0 radical (unpaired) electrons. The van der Waals surface area contributed by atoms with Crippen LogP contribution in [-0.4, -0.2) is 38.4 Å². The second-order valence-corrected chi connectivity index (χ2v) is 5.91. The Hall–Kier alpha value is -1.17. The van der Waals surface area contributed by atoms with E-state index in [0.717, 1.165) is 29.4 Å². The number of aromatic amines is 1. The lowest BCUT2D eigenvalue weighted by molar-refractivity contribution is 0.338. The Morgan fingerprint density at radius 1 is 1.41 bits per heavy atom. The minimum atomic E-state index is 0.707. The summed E-state index contributed by atoms with van der Waals surface area (Å²) in [5.41, 5.74) is 1.65. The number of hydrogen-bond acceptors (Lipinski definition) is 4. The van der Waals surface area contributed by atoms with Crippen LogP contribution in [0, 0.1) is 5.92 Å². The number of aromatic nitrogens is 4. The third-order valence-corrected chi connectivity index (χ3v) is 4.02. The van der Waals surface area contributed by atoms with E-state index in [0.29, 0.717) is 4.83 Å². The summed E-state index contributed by atoms with van der Waals surface area (Å²) < 4.78 is 0. The minimum absolute atomic E-state index is 0.707. The lowest BCUT2D eigenvalue weighted by Crippen LogP contribution is -2.35. The van der Waals surface area contributed by atoms with Gasteiger partial charge in [-0.15, -0.1) is 0 Å². The molecular formula is C11H14BrN5. The summed E-state index contributed by atoms with van der Waals surface area (Å²) in [6.07, 6.45) is 5.74. The lowest BCUT2D eigenvalue weighted by Gasteiger charge is -2.34. The molecule has 1 saturated carbocycles. The molecule has 90 valence electrons. The summed E-state index contributed by atoms with van der Waals surface area (Å²) in [5.74, 6) is 1.70. The van der Waals surface area contributed by atoms with Crippen molar-refractivity contribution >= 4 is 32.9 Å². The van der Waals surface area contributed by atoms with Gasteiger partial charge in [-0.2, -0.15) is 0 Å². The summed E-state index contributed by atoms with van der Waals surface area (Å²) in [5, 5.41) is 0. The van der Waals surface area contributed by atoms with Gasteiger partial charge in [0.15, 0.2) is 11.5 Å². The molecule has 0 amide bonds. The van der Waals surface area contributed by atoms with Crippen molar-refractivity contribution in [2.75, 3.05) is 18.5 Å². The smallest absolute Gasteiger partial charge is 0.182 e. The van der Waals surface area contributed by atoms with E-state index in [1.807, 2.05) is 0 Å². The molecule has 1 aliphatic rings. The van der Waals surface area contributed by atoms with E-state index in [2.05, 4.69) is 47.8 Å². The second-order valence-electron chi connectivity index (χ2n) is 4.61. The molecule has 1 N–H and O–H groups in total. The normalized spacial score (nSPS) is 23.6. The highest BCUT2D eigenvalue weighted by molar-refractivity contribution is 9.09. The van der Waals surface area contributed by atoms with Crippen molar-refractivity contribution in [3.8, 4) is 0 Å². The van der Waals surface area contributed by atoms with Crippen molar-refractivity contribution in [1.82, 2.24) is 19.9 Å². The molecule has 0 spiro atoms. The van der Waals surface area contributed by atoms with Gasteiger partial charge >= 0.3 is 0 Å². The number of nitrogens with zero attached hydrogens (tertiary/aromatic N) is 4. The Labute approximate surface area is 108 Å². The predicted molar refractivity (Wildman–Crippen MR) is 70.4 cm³/mol. The SMILES string of the molecule is CN(CC1CC(Br)C1)c1ncnc2nc[nH]c12. The maximum absolute atomic E-state index is 4.34. The van der Waals surface area contributed by atoms with Crippen LogP contribution in [0.15, 0.2) is 12.7 Å². The average molecular weight is 296 g/mol. The first-order valence-electron chi connectivity index (χ1n) is 5.73. The van der Waals surface area contributed by atoms with Crippen LogP contribution in [-0.2, 0) is 0 Å². The Bertz CT molecular complexity index is 519. The van der Waals surface area contributed by atoms with Gasteiger partial charge in [0.1, 0.15) is 11.8 Å². The van der Waals surface area contributed by atoms with E-state index >= 15 is 0 Å². The molecule has 3 rings (SSSR count). The van der Waals surface area contributed by atoms with Crippen LogP contribution in [0.5, 0.6) is 0 Å². The van der Waals surface area contributed by atoms with Gasteiger partial charge in [-0.05, 0) is 18.8 Å². The zero-order valence-electron chi connectivity index (χ0n) is 9.60. The molecule has 2 aromatic rings. The molecule has 0 saturated heterocycles. The molecule has 5 nitrogen and oxygen atoms in total. The van der Waals surface area contributed by atoms with Gasteiger partial charge in [-0.3, -0.25) is 0 Å². The number of alkyl halides is 1. The number of H-pyrrole nitrogens is 1. The molecule has 2 heterocycles. The molecule has 0 atom stereocenters. The zero-order valence-corrected chi connectivity index (χ0v) is 11.2. The highest BCUT2D eigenvalue weighted by Crippen LogP contribution is 2.34. The molecule has 0 unspecified atom stereocenters. The monoisotopic (exact) mass is 295 g/mol. The fourth-order valence-corrected chi connectivity index (χ4v) is 3.38. The number of anilines is 1. The summed E-state index contributed by atoms with van der Waals surface area (Å²) >= 11 is 3.62. The van der Waals surface area contributed by atoms with Gasteiger partial charge in [-0.1, -0.05) is 15.9 Å². The van der Waals surface area contributed by atoms with Crippen LogP contribution in [0.4, 0.5) is 5.82 Å². The Morgan fingerprint density at radius 3 is 3.00 bits per heavy atom. The first-order chi connectivity index (χ1) is 8.24. The first kappa shape index (κ1) is 11.0. The number of imidazole rings is 1. The van der Waals surface area contributed by atoms with Gasteiger partial charge in [-0.25, -0.2) is 15.0 Å². The van der Waals surface area contributed by atoms with Crippen molar-refractivity contribution in [2.24, 2.45) is 5.92 Å². The van der Waals surface area contributed by atoms with E-state index in [-0.39, 0.29) is 0 Å². The van der Waals surface area contributed by atoms with Crippen LogP contribution in [0.2, 0.25) is 0 Å². The van der Waals surface area contributed by atoms with E-state index in [9.17, 15) is 0 Å². The molecule has 1 fully saturated rings. The van der Waals surface area contributed by atoms with E-state index < -0.39 is 0 Å². The molecule has 2 aromatic heterocycles. The molecule has 17 heavy (non-hydrogen) atoms. The quantitative estimate of drug-likeness (QED) is 0.880. The minimum Gasteiger partial charge on any atom is -0.358 e. The Balaban J connectivity index is 1.80. The van der Waals surface area contributed by atoms with Crippen LogP contribution in [0.3, 0.4) is 0 Å². The van der Waals surface area contributed by atoms with Crippen LogP contribution in [0.25, 0.3) is 11.2 Å². The van der Waals surface area contributed by atoms with E-state index in [1.165, 1.54) is 12.8 Å². The second kappa shape index (κ2) is 4.25. The lowest BCUT2D eigenvalue weighted by atomic mass is 9.85. The fraction of sp³-hybridized carbons (Fsp3) is 0.545. The van der Waals surface area contributed by atoms with Crippen molar-refractivity contribution in [1.29, 1.82) is 0 Å². The third-order valence-electron chi connectivity index (χ3n) is 3.27. The van der Waals surface area contributed by atoms with Crippen molar-refractivity contribution in [3.63, 3.8) is 0 Å². The largest absolute Gasteiger partial charge is 0.358 e. The summed E-state index contributed by atoms with van der Waals surface area (Å²) in [4.78, 5) is 18.6. The highest BCUT2D eigenvalue weighted by atomic mass is 79.9. The fourth-order valence-electron chi connectivity index (χ4n) is 2.32. The molecule has 6 heteroatoms. The molecule has 0 aliphatic heterocycles. The number of halogens is 1. The Kier molecular flexibility index (Phi) is 2.74. The average Bonchev–Trinajstić information content (AvgIpc) is 2.74. The van der Waals surface area contributed by atoms with Gasteiger partial charge < -0.3 is 9.88 Å². The Morgan fingerprint density at radius 2 is 2.24 bits per heavy atom. The first-order valence-corrected chi connectivity index (χ1v) is 6.65. The van der Waals surface area contributed by atoms with Gasteiger partial charge in [0.05, 0.1) is 6.33 Å². The summed E-state index contributed by atoms with van der Waals surface area (Å²) in [7, 11) is 2.07. The predicted octanol–water partition coefficient (Wildman–Crippen LogP) is 1.96. The molecule has 0 aromatic carbocycles. The van der Waals surface area contributed by atoms with Crippen LogP contribution in [0.1, 0.15) is 12.8 Å². The van der Waals surface area contributed by atoms with E-state index in [4.69, 9.17) is 0 Å². The summed E-state index contributed by atoms with van der Waals surface area (Å²) in [6.45, 7) is 1.03. The third kappa shape index (κ3) is 2.01. The number of rotatable bonds is 3. The zero-order chi connectivity index (χ0) is 11.8. The topological polar surface area (TPSA) is 57.7 Å². The molecule has 0 bridgehead atoms. The van der Waals surface area contributed by atoms with Gasteiger partial charge in [0.2, 0.25) is 0 Å². The number of fused-ring (bicyclic) bond motifs is 1. The maximum Gasteiger partial charge on any atom is 0.182 e. The number of nitrogens with one attached hydrogen (secondary N) is 1. The maximum atomic E-state index is 4.34. The highest BCUT2D eigenvalue weighted by Gasteiger charge is 2.28. The van der Waals surface area contributed by atoms with Gasteiger partial charge in [0, 0.05) is 18.4 Å². The van der Waals surface area contributed by atoms with Crippen molar-refractivity contribution < 1.29 is 0 Å². The molecular weight excluding hydrogens is 282 g/mol. The van der Waals surface area contributed by atoms with E-state index in [1.54, 1.807) is 12.7 Å². The van der Waals surface area contributed by atoms with Gasteiger partial charge in [0.25, 0.3) is 0 Å². The standard InChI is InChI=1S/C11H14BrN5/c1-17(4-7-2-8(12)3-7)11-9-10(14-5-13-9)15-6-16-11/h5-8H,2-4H2,1H3,(H,13,14,15,16). The van der Waals surface area contributed by atoms with Crippen molar-refractivity contribution in [3.05, 3.63) is 12.7 Å². The number of hydrogen-bond donors (Lipinski definition) is 1. The summed E-state index contributed by atoms with van der Waals surface area (Å²) in [6, 6.07) is 0.